The molecule has 1 aromatic heterocycles. The Balaban J connectivity index is 0.00000320. The van der Waals surface area contributed by atoms with Gasteiger partial charge in [-0.25, -0.2) is 0 Å². The van der Waals surface area contributed by atoms with Crippen LogP contribution in [0.1, 0.15) is 33.6 Å². The van der Waals surface area contributed by atoms with Crippen molar-refractivity contribution in [2.75, 3.05) is 70.3 Å². The van der Waals surface area contributed by atoms with E-state index in [0.717, 1.165) is 38.7 Å². The average molecular weight is 549 g/mol. The highest BCUT2D eigenvalue weighted by Crippen LogP contribution is 2.24. The number of hydrogen-bond donors (Lipinski definition) is 2. The molecule has 8 heteroatoms. The van der Waals surface area contributed by atoms with Gasteiger partial charge in [0, 0.05) is 64.9 Å². The molecule has 3 heterocycles. The largest absolute Gasteiger partial charge is 0.363 e. The summed E-state index contributed by atoms with van der Waals surface area (Å²) in [4.78, 5) is 12.6. The van der Waals surface area contributed by atoms with E-state index in [0.29, 0.717) is 12.0 Å². The van der Waals surface area contributed by atoms with Gasteiger partial charge in [0.2, 0.25) is 0 Å². The van der Waals surface area contributed by atoms with Crippen molar-refractivity contribution in [3.05, 3.63) is 17.5 Å². The fourth-order valence-corrected chi connectivity index (χ4v) is 5.03. The lowest BCUT2D eigenvalue weighted by Crippen LogP contribution is -2.49. The third-order valence-electron chi connectivity index (χ3n) is 6.04. The van der Waals surface area contributed by atoms with Gasteiger partial charge in [-0.3, -0.25) is 4.99 Å². The second-order valence-electron chi connectivity index (χ2n) is 8.42. The molecule has 0 aromatic carbocycles. The van der Waals surface area contributed by atoms with Crippen molar-refractivity contribution in [1.82, 2.24) is 20.4 Å². The van der Waals surface area contributed by atoms with Crippen LogP contribution in [0.3, 0.4) is 0 Å². The number of aliphatic imine (C=N–C) groups is 1. The summed E-state index contributed by atoms with van der Waals surface area (Å²) in [5.74, 6) is 1.57. The fraction of sp³-hybridized carbons (Fsp3) is 0.773. The molecule has 2 aliphatic heterocycles. The van der Waals surface area contributed by atoms with Gasteiger partial charge in [-0.2, -0.15) is 0 Å². The van der Waals surface area contributed by atoms with E-state index in [9.17, 15) is 0 Å². The molecule has 2 N–H and O–H groups in total. The summed E-state index contributed by atoms with van der Waals surface area (Å²) >= 11 is 1.84. The van der Waals surface area contributed by atoms with E-state index in [2.05, 4.69) is 63.6 Å². The minimum Gasteiger partial charge on any atom is -0.363 e. The summed E-state index contributed by atoms with van der Waals surface area (Å²) in [5.41, 5.74) is 0. The first-order valence-corrected chi connectivity index (χ1v) is 12.3. The Bertz CT molecular complexity index is 595. The summed E-state index contributed by atoms with van der Waals surface area (Å²) < 4.78 is 0. The van der Waals surface area contributed by atoms with E-state index in [4.69, 9.17) is 4.99 Å². The quantitative estimate of drug-likeness (QED) is 0.297. The lowest BCUT2D eigenvalue weighted by atomic mass is 10.1. The lowest BCUT2D eigenvalue weighted by molar-refractivity contribution is 0.125. The SMILES string of the molecule is CCNC(=NCC(C)CN1CCN(CC)CC1)NC1CCN(c2cccs2)CC1.I. The van der Waals surface area contributed by atoms with Crippen LogP contribution in [0.25, 0.3) is 0 Å². The van der Waals surface area contributed by atoms with Gasteiger partial charge in [-0.15, -0.1) is 35.3 Å². The Morgan fingerprint density at radius 1 is 1.13 bits per heavy atom. The van der Waals surface area contributed by atoms with E-state index < -0.39 is 0 Å². The topological polar surface area (TPSA) is 46.1 Å². The van der Waals surface area contributed by atoms with Crippen LogP contribution in [-0.4, -0.2) is 87.2 Å². The molecule has 2 fully saturated rings. The highest BCUT2D eigenvalue weighted by Gasteiger charge is 2.21. The number of halogens is 1. The second kappa shape index (κ2) is 13.8. The first-order chi connectivity index (χ1) is 14.2. The number of piperazine rings is 1. The number of nitrogens with one attached hydrogen (secondary N) is 2. The third kappa shape index (κ3) is 8.16. The highest BCUT2D eigenvalue weighted by molar-refractivity contribution is 14.0. The maximum absolute atomic E-state index is 4.92. The number of likely N-dealkylation sites (N-methyl/N-ethyl adjacent to an activating group) is 1. The highest BCUT2D eigenvalue weighted by atomic mass is 127. The number of anilines is 1. The fourth-order valence-electron chi connectivity index (χ4n) is 4.24. The standard InChI is InChI=1S/C22H40N6S.HI/c1-4-23-22(24-17-19(3)18-27-14-12-26(5-2)13-15-27)25-20-8-10-28(11-9-20)21-7-6-16-29-21;/h6-7,16,19-20H,4-5,8-15,17-18H2,1-3H3,(H2,23,24,25);1H. The summed E-state index contributed by atoms with van der Waals surface area (Å²) in [6, 6.07) is 4.89. The summed E-state index contributed by atoms with van der Waals surface area (Å²) in [6.07, 6.45) is 2.33. The van der Waals surface area contributed by atoms with Crippen molar-refractivity contribution >= 4 is 46.3 Å². The van der Waals surface area contributed by atoms with E-state index >= 15 is 0 Å². The molecule has 6 nitrogen and oxygen atoms in total. The average Bonchev–Trinajstić information content (AvgIpc) is 3.28. The first-order valence-electron chi connectivity index (χ1n) is 11.5. The molecule has 0 bridgehead atoms. The van der Waals surface area contributed by atoms with Crippen molar-refractivity contribution in [3.63, 3.8) is 0 Å². The number of hydrogen-bond acceptors (Lipinski definition) is 5. The van der Waals surface area contributed by atoms with E-state index in [1.165, 1.54) is 50.6 Å². The van der Waals surface area contributed by atoms with E-state index in [1.807, 2.05) is 11.3 Å². The van der Waals surface area contributed by atoms with Gasteiger partial charge in [0.25, 0.3) is 0 Å². The lowest BCUT2D eigenvalue weighted by Gasteiger charge is -2.35. The van der Waals surface area contributed by atoms with Gasteiger partial charge in [0.05, 0.1) is 5.00 Å². The van der Waals surface area contributed by atoms with E-state index in [1.54, 1.807) is 0 Å². The molecular weight excluding hydrogens is 507 g/mol. The maximum atomic E-state index is 4.92. The first kappa shape index (κ1) is 25.7. The van der Waals surface area contributed by atoms with Gasteiger partial charge in [-0.05, 0) is 49.7 Å². The predicted molar refractivity (Wildman–Crippen MR) is 142 cm³/mol. The van der Waals surface area contributed by atoms with Crippen LogP contribution in [0, 0.1) is 5.92 Å². The van der Waals surface area contributed by atoms with Crippen molar-refractivity contribution in [1.29, 1.82) is 0 Å². The second-order valence-corrected chi connectivity index (χ2v) is 9.34. The Labute approximate surface area is 204 Å². The van der Waals surface area contributed by atoms with Gasteiger partial charge < -0.3 is 25.3 Å². The molecule has 30 heavy (non-hydrogen) atoms. The Morgan fingerprint density at radius 3 is 2.43 bits per heavy atom. The maximum Gasteiger partial charge on any atom is 0.191 e. The van der Waals surface area contributed by atoms with Gasteiger partial charge >= 0.3 is 0 Å². The molecule has 2 aliphatic rings. The smallest absolute Gasteiger partial charge is 0.191 e. The zero-order valence-corrected chi connectivity index (χ0v) is 22.1. The Hall–Kier alpha value is -0.580. The van der Waals surface area contributed by atoms with Crippen LogP contribution < -0.4 is 15.5 Å². The molecule has 1 unspecified atom stereocenters. The predicted octanol–water partition coefficient (Wildman–Crippen LogP) is 3.16. The molecular formula is C22H41IN6S. The summed E-state index contributed by atoms with van der Waals surface area (Å²) in [7, 11) is 0. The van der Waals surface area contributed by atoms with Crippen LogP contribution in [0.5, 0.6) is 0 Å². The molecule has 0 spiro atoms. The number of rotatable bonds is 8. The van der Waals surface area contributed by atoms with Gasteiger partial charge in [0.15, 0.2) is 5.96 Å². The third-order valence-corrected chi connectivity index (χ3v) is 6.97. The molecule has 172 valence electrons. The van der Waals surface area contributed by atoms with Crippen LogP contribution in [0.2, 0.25) is 0 Å². The summed E-state index contributed by atoms with van der Waals surface area (Å²) in [5, 5.41) is 10.7. The molecule has 2 saturated heterocycles. The number of thiophene rings is 1. The molecule has 1 atom stereocenters. The minimum absolute atomic E-state index is 0. The van der Waals surface area contributed by atoms with Crippen LogP contribution in [0.4, 0.5) is 5.00 Å². The monoisotopic (exact) mass is 548 g/mol. The number of nitrogens with zero attached hydrogens (tertiary/aromatic N) is 4. The normalized spacial score (nSPS) is 20.6. The molecule has 3 rings (SSSR count). The van der Waals surface area contributed by atoms with Crippen molar-refractivity contribution in [2.45, 2.75) is 39.7 Å². The van der Waals surface area contributed by atoms with Crippen LogP contribution >= 0.6 is 35.3 Å². The van der Waals surface area contributed by atoms with Crippen LogP contribution in [-0.2, 0) is 0 Å². The minimum atomic E-state index is 0. The molecule has 1 aromatic rings. The molecule has 0 radical (unpaired) electrons. The van der Waals surface area contributed by atoms with Crippen molar-refractivity contribution in [3.8, 4) is 0 Å². The van der Waals surface area contributed by atoms with Gasteiger partial charge in [-0.1, -0.05) is 13.8 Å². The Kier molecular flexibility index (Phi) is 11.8. The Morgan fingerprint density at radius 2 is 1.83 bits per heavy atom. The summed E-state index contributed by atoms with van der Waals surface area (Å²) in [6.45, 7) is 17.9. The zero-order valence-electron chi connectivity index (χ0n) is 19.0. The van der Waals surface area contributed by atoms with Crippen molar-refractivity contribution < 1.29 is 0 Å². The van der Waals surface area contributed by atoms with Gasteiger partial charge in [0.1, 0.15) is 0 Å². The van der Waals surface area contributed by atoms with Crippen LogP contribution in [0.15, 0.2) is 22.5 Å². The van der Waals surface area contributed by atoms with Crippen molar-refractivity contribution in [2.24, 2.45) is 10.9 Å². The molecule has 0 saturated carbocycles. The number of guanidine groups is 1. The van der Waals surface area contributed by atoms with E-state index in [-0.39, 0.29) is 24.0 Å². The number of piperidine rings is 1. The molecule has 0 aliphatic carbocycles. The molecule has 0 amide bonds. The zero-order chi connectivity index (χ0) is 20.5.